The Morgan fingerprint density at radius 3 is 2.02 bits per heavy atom. The number of carboxylic acids is 1. The molecule has 0 saturated carbocycles. The largest absolute Gasteiger partial charge is 0.497 e. The second-order valence-corrected chi connectivity index (χ2v) is 19.4. The Balaban J connectivity index is 2.07. The van der Waals surface area contributed by atoms with Gasteiger partial charge in [-0.25, -0.2) is 4.79 Å². The zero-order valence-electron chi connectivity index (χ0n) is 30.3. The van der Waals surface area contributed by atoms with Crippen LogP contribution in [0, 0.1) is 5.41 Å². The lowest BCUT2D eigenvalue weighted by Gasteiger charge is -2.40. The molecule has 0 aliphatic heterocycles. The van der Waals surface area contributed by atoms with Gasteiger partial charge in [0.2, 0.25) is 11.8 Å². The molecule has 13 heteroatoms. The van der Waals surface area contributed by atoms with E-state index >= 15 is 0 Å². The molecule has 0 aliphatic carbocycles. The Labute approximate surface area is 291 Å². The molecule has 0 bridgehead atoms. The molecular weight excluding hydrogens is 645 g/mol. The predicted octanol–water partition coefficient (Wildman–Crippen LogP) is 5.58. The molecule has 2 rings (SSSR count). The van der Waals surface area contributed by atoms with Gasteiger partial charge >= 0.3 is 12.1 Å². The van der Waals surface area contributed by atoms with Crippen LogP contribution < -0.4 is 20.7 Å². The number of alkyl carbamates (subject to hydrolysis) is 1. The number of aliphatic carboxylic acids is 1. The zero-order valence-corrected chi connectivity index (χ0v) is 31.3. The van der Waals surface area contributed by atoms with Crippen LogP contribution in [0.15, 0.2) is 48.5 Å². The van der Waals surface area contributed by atoms with Gasteiger partial charge in [-0.1, -0.05) is 57.2 Å². The van der Waals surface area contributed by atoms with Crippen LogP contribution in [0.1, 0.15) is 77.5 Å². The number of benzene rings is 2. The Hall–Kier alpha value is -4.23. The normalized spacial score (nSPS) is 13.1. The maximum atomic E-state index is 13.0. The Morgan fingerprint density at radius 1 is 0.898 bits per heavy atom. The van der Waals surface area contributed by atoms with Crippen LogP contribution in [0.4, 0.5) is 4.79 Å². The second-order valence-electron chi connectivity index (χ2n) is 14.6. The minimum Gasteiger partial charge on any atom is -0.497 e. The van der Waals surface area contributed by atoms with Crippen LogP contribution >= 0.6 is 0 Å². The van der Waals surface area contributed by atoms with E-state index in [1.165, 1.54) is 0 Å². The molecule has 2 atom stereocenters. The van der Waals surface area contributed by atoms with E-state index in [0.29, 0.717) is 17.5 Å². The number of nitrogens with one attached hydrogen (secondary N) is 4. The highest BCUT2D eigenvalue weighted by Gasteiger charge is 2.40. The van der Waals surface area contributed by atoms with Crippen molar-refractivity contribution in [2.24, 2.45) is 0 Å². The van der Waals surface area contributed by atoms with Gasteiger partial charge in [0, 0.05) is 24.6 Å². The SMILES string of the molecule is COc1ccc(CCC(=O)N[C@H](CC(=O)O)C[C@@H](CNC(=O)Cc2ccc(C(=N)NC(=O)OC(C)(C)C)cc2)O[Si](C)(C)C(C)(C)C)cc1. The van der Waals surface area contributed by atoms with Crippen molar-refractivity contribution in [1.29, 1.82) is 5.41 Å². The molecular formula is C36H54N4O8Si. The fourth-order valence-electron chi connectivity index (χ4n) is 4.58. The van der Waals surface area contributed by atoms with Gasteiger partial charge in [-0.05, 0) is 75.0 Å². The number of amides is 3. The van der Waals surface area contributed by atoms with E-state index in [9.17, 15) is 24.3 Å². The Morgan fingerprint density at radius 2 is 1.49 bits per heavy atom. The minimum absolute atomic E-state index is 0.0561. The van der Waals surface area contributed by atoms with Crippen molar-refractivity contribution in [3.63, 3.8) is 0 Å². The van der Waals surface area contributed by atoms with E-state index in [0.717, 1.165) is 11.3 Å². The summed E-state index contributed by atoms with van der Waals surface area (Å²) in [4.78, 5) is 49.8. The third kappa shape index (κ3) is 15.2. The van der Waals surface area contributed by atoms with Gasteiger partial charge in [-0.3, -0.25) is 25.1 Å². The highest BCUT2D eigenvalue weighted by atomic mass is 28.4. The fourth-order valence-corrected chi connectivity index (χ4v) is 5.95. The highest BCUT2D eigenvalue weighted by molar-refractivity contribution is 6.74. The number of carboxylic acid groups (broad SMARTS) is 1. The number of methoxy groups -OCH3 is 1. The summed E-state index contributed by atoms with van der Waals surface area (Å²) >= 11 is 0. The molecule has 0 unspecified atom stereocenters. The summed E-state index contributed by atoms with van der Waals surface area (Å²) in [5.74, 6) is -0.988. The van der Waals surface area contributed by atoms with Gasteiger partial charge in [0.1, 0.15) is 17.2 Å². The average Bonchev–Trinajstić information content (AvgIpc) is 2.97. The molecule has 0 spiro atoms. The summed E-state index contributed by atoms with van der Waals surface area (Å²) in [6.07, 6.45) is -0.633. The smallest absolute Gasteiger partial charge is 0.413 e. The summed E-state index contributed by atoms with van der Waals surface area (Å²) in [7, 11) is -0.766. The summed E-state index contributed by atoms with van der Waals surface area (Å²) in [5.41, 5.74) is 1.41. The van der Waals surface area contributed by atoms with Crippen molar-refractivity contribution in [2.75, 3.05) is 13.7 Å². The number of carbonyl (C=O) groups excluding carboxylic acids is 3. The molecule has 5 N–H and O–H groups in total. The number of hydrogen-bond donors (Lipinski definition) is 5. The van der Waals surface area contributed by atoms with Crippen molar-refractivity contribution < 1.29 is 38.2 Å². The van der Waals surface area contributed by atoms with E-state index in [4.69, 9.17) is 19.3 Å². The molecule has 0 aliphatic rings. The topological polar surface area (TPSA) is 176 Å². The first kappa shape index (κ1) is 40.9. The van der Waals surface area contributed by atoms with Crippen LogP contribution in [0.25, 0.3) is 0 Å². The lowest BCUT2D eigenvalue weighted by atomic mass is 10.0. The maximum absolute atomic E-state index is 13.0. The molecule has 2 aromatic carbocycles. The van der Waals surface area contributed by atoms with Gasteiger partial charge < -0.3 is 29.6 Å². The number of amidine groups is 1. The summed E-state index contributed by atoms with van der Waals surface area (Å²) in [6.45, 7) is 15.8. The van der Waals surface area contributed by atoms with E-state index in [-0.39, 0.29) is 54.9 Å². The van der Waals surface area contributed by atoms with E-state index in [1.807, 2.05) is 24.3 Å². The number of hydrogen-bond acceptors (Lipinski definition) is 8. The van der Waals surface area contributed by atoms with E-state index in [1.54, 1.807) is 52.1 Å². The quantitative estimate of drug-likeness (QED) is 0.0858. The molecule has 3 amide bonds. The molecule has 0 aromatic heterocycles. The lowest BCUT2D eigenvalue weighted by Crippen LogP contribution is -2.49. The Bertz CT molecular complexity index is 1430. The van der Waals surface area contributed by atoms with Crippen LogP contribution in [-0.2, 0) is 36.4 Å². The minimum atomic E-state index is -2.35. The van der Waals surface area contributed by atoms with Crippen molar-refractivity contribution in [3.8, 4) is 5.75 Å². The molecule has 49 heavy (non-hydrogen) atoms. The summed E-state index contributed by atoms with van der Waals surface area (Å²) in [6, 6.07) is 13.4. The van der Waals surface area contributed by atoms with E-state index in [2.05, 4.69) is 49.8 Å². The number of aryl methyl sites for hydroxylation is 1. The Kier molecular flexibility index (Phi) is 15.0. The highest BCUT2D eigenvalue weighted by Crippen LogP contribution is 2.37. The van der Waals surface area contributed by atoms with Gasteiger partial charge in [-0.2, -0.15) is 0 Å². The average molecular weight is 699 g/mol. The second kappa shape index (κ2) is 18.0. The van der Waals surface area contributed by atoms with Crippen LogP contribution in [0.3, 0.4) is 0 Å². The van der Waals surface area contributed by atoms with Crippen molar-refractivity contribution in [2.45, 2.75) is 110 Å². The van der Waals surface area contributed by atoms with E-state index < -0.39 is 38.1 Å². The number of rotatable bonds is 16. The first-order chi connectivity index (χ1) is 22.7. The first-order valence-electron chi connectivity index (χ1n) is 16.4. The van der Waals surface area contributed by atoms with Gasteiger partial charge in [-0.15, -0.1) is 0 Å². The van der Waals surface area contributed by atoms with Crippen LogP contribution in [0.2, 0.25) is 18.1 Å². The third-order valence-electron chi connectivity index (χ3n) is 8.16. The van der Waals surface area contributed by atoms with Crippen molar-refractivity contribution in [3.05, 3.63) is 65.2 Å². The zero-order chi connectivity index (χ0) is 37.0. The van der Waals surface area contributed by atoms with Gasteiger partial charge in [0.15, 0.2) is 8.32 Å². The number of ether oxygens (including phenoxy) is 2. The lowest BCUT2D eigenvalue weighted by molar-refractivity contribution is -0.138. The summed E-state index contributed by atoms with van der Waals surface area (Å²) < 4.78 is 17.0. The van der Waals surface area contributed by atoms with Crippen molar-refractivity contribution in [1.82, 2.24) is 16.0 Å². The molecule has 270 valence electrons. The molecule has 0 heterocycles. The van der Waals surface area contributed by atoms with Gasteiger partial charge in [0.05, 0.1) is 26.1 Å². The molecule has 2 aromatic rings. The van der Waals surface area contributed by atoms with Crippen molar-refractivity contribution >= 4 is 38.0 Å². The maximum Gasteiger partial charge on any atom is 0.413 e. The molecule has 0 fully saturated rings. The monoisotopic (exact) mass is 698 g/mol. The number of carbonyl (C=O) groups is 4. The molecule has 0 saturated heterocycles. The molecule has 12 nitrogen and oxygen atoms in total. The first-order valence-corrected chi connectivity index (χ1v) is 19.3. The summed E-state index contributed by atoms with van der Waals surface area (Å²) in [5, 5.41) is 25.9. The van der Waals surface area contributed by atoms with Crippen LogP contribution in [-0.4, -0.2) is 74.5 Å². The standard InChI is InChI=1S/C36H54N4O8Si/c1-35(2,3)47-34(45)40-33(37)26-15-10-25(11-16-26)20-31(42)38-23-29(48-49(8,9)36(4,5)6)21-27(22-32(43)44)39-30(41)19-14-24-12-17-28(46-7)18-13-24/h10-13,15-18,27,29H,14,19-23H2,1-9H3,(H,38,42)(H,39,41)(H,43,44)(H2,37,40,45)/t27-,29-/m0/s1. The molecule has 0 radical (unpaired) electrons. The fraction of sp³-hybridized carbons (Fsp3) is 0.528. The van der Waals surface area contributed by atoms with Crippen LogP contribution in [0.5, 0.6) is 5.75 Å². The van der Waals surface area contributed by atoms with Gasteiger partial charge in [0.25, 0.3) is 0 Å². The third-order valence-corrected chi connectivity index (χ3v) is 12.7. The predicted molar refractivity (Wildman–Crippen MR) is 192 cm³/mol.